The first-order chi connectivity index (χ1) is 13.6. The molecule has 5 rings (SSSR count). The third kappa shape index (κ3) is 2.72. The Kier molecular flexibility index (Phi) is 3.86. The maximum atomic E-state index is 13.3. The summed E-state index contributed by atoms with van der Waals surface area (Å²) >= 11 is 0. The van der Waals surface area contributed by atoms with Crippen LogP contribution in [0.15, 0.2) is 66.6 Å². The molecule has 1 aliphatic carbocycles. The van der Waals surface area contributed by atoms with Gasteiger partial charge in [0.2, 0.25) is 5.95 Å². The van der Waals surface area contributed by atoms with Gasteiger partial charge in [0.1, 0.15) is 17.9 Å². The summed E-state index contributed by atoms with van der Waals surface area (Å²) in [5.74, 6) is 0.0695. The predicted octanol–water partition coefficient (Wildman–Crippen LogP) is 4.00. The van der Waals surface area contributed by atoms with Crippen LogP contribution in [0, 0.1) is 18.7 Å². The highest BCUT2D eigenvalue weighted by molar-refractivity contribution is 5.88. The number of anilines is 1. The standard InChI is InChI=1S/C22H19FN4O/c1-13-2-4-15(5-3-13)21-20-18(26-22-24-12-25-27(21)22)10-16(11-19(20)28)14-6-8-17(23)9-7-14/h2-10,12,16,20-21H,11H2,1H3,(H,24,25,26)/t16-,20+,21+/m1/s1. The quantitative estimate of drug-likeness (QED) is 0.737. The number of aryl methyl sites for hydroxylation is 1. The predicted molar refractivity (Wildman–Crippen MR) is 103 cm³/mol. The molecule has 3 aromatic rings. The zero-order valence-electron chi connectivity index (χ0n) is 15.3. The molecule has 0 amide bonds. The minimum atomic E-state index is -0.339. The number of Topliss-reactive ketones (excluding diaryl/α,β-unsaturated/α-hetero) is 1. The van der Waals surface area contributed by atoms with Crippen LogP contribution in [0.5, 0.6) is 0 Å². The number of nitrogens with one attached hydrogen (secondary N) is 1. The Morgan fingerprint density at radius 3 is 2.54 bits per heavy atom. The fourth-order valence-electron chi connectivity index (χ4n) is 4.20. The largest absolute Gasteiger partial charge is 0.328 e. The van der Waals surface area contributed by atoms with Gasteiger partial charge in [-0.3, -0.25) is 4.79 Å². The van der Waals surface area contributed by atoms with Crippen molar-refractivity contribution in [2.75, 3.05) is 5.32 Å². The highest BCUT2D eigenvalue weighted by Crippen LogP contribution is 2.43. The maximum absolute atomic E-state index is 13.3. The molecule has 2 heterocycles. The monoisotopic (exact) mass is 374 g/mol. The lowest BCUT2D eigenvalue weighted by Gasteiger charge is -2.38. The van der Waals surface area contributed by atoms with Crippen LogP contribution in [0.25, 0.3) is 0 Å². The molecule has 1 N–H and O–H groups in total. The topological polar surface area (TPSA) is 59.8 Å². The summed E-state index contributed by atoms with van der Waals surface area (Å²) in [6.07, 6.45) is 3.97. The van der Waals surface area contributed by atoms with E-state index in [1.54, 1.807) is 16.8 Å². The van der Waals surface area contributed by atoms with Crippen molar-refractivity contribution in [2.45, 2.75) is 25.3 Å². The van der Waals surface area contributed by atoms with E-state index in [1.807, 2.05) is 31.2 Å². The minimum Gasteiger partial charge on any atom is -0.328 e. The van der Waals surface area contributed by atoms with Crippen molar-refractivity contribution < 1.29 is 9.18 Å². The summed E-state index contributed by atoms with van der Waals surface area (Å²) in [5, 5.41) is 7.66. The fourth-order valence-corrected chi connectivity index (χ4v) is 4.20. The summed E-state index contributed by atoms with van der Waals surface area (Å²) < 4.78 is 15.1. The van der Waals surface area contributed by atoms with E-state index in [9.17, 15) is 9.18 Å². The van der Waals surface area contributed by atoms with Crippen LogP contribution in [-0.4, -0.2) is 20.5 Å². The highest BCUT2D eigenvalue weighted by Gasteiger charge is 2.43. The van der Waals surface area contributed by atoms with Crippen molar-refractivity contribution in [3.63, 3.8) is 0 Å². The van der Waals surface area contributed by atoms with Gasteiger partial charge in [-0.05, 0) is 30.2 Å². The first kappa shape index (κ1) is 16.9. The van der Waals surface area contributed by atoms with Crippen LogP contribution in [0.2, 0.25) is 0 Å². The summed E-state index contributed by atoms with van der Waals surface area (Å²) in [5.41, 5.74) is 3.97. The van der Waals surface area contributed by atoms with Gasteiger partial charge in [0.15, 0.2) is 0 Å². The number of aromatic nitrogens is 3. The molecule has 0 saturated carbocycles. The van der Waals surface area contributed by atoms with Crippen LogP contribution in [0.1, 0.15) is 35.1 Å². The van der Waals surface area contributed by atoms with Crippen LogP contribution < -0.4 is 5.32 Å². The summed E-state index contributed by atoms with van der Waals surface area (Å²) in [6, 6.07) is 14.3. The van der Waals surface area contributed by atoms with Gasteiger partial charge in [-0.2, -0.15) is 10.1 Å². The zero-order valence-corrected chi connectivity index (χ0v) is 15.3. The lowest BCUT2D eigenvalue weighted by Crippen LogP contribution is -2.40. The summed E-state index contributed by atoms with van der Waals surface area (Å²) in [7, 11) is 0. The molecule has 2 aromatic carbocycles. The Labute approximate surface area is 161 Å². The van der Waals surface area contributed by atoms with Gasteiger partial charge in [-0.1, -0.05) is 48.0 Å². The number of carbonyl (C=O) groups is 1. The Morgan fingerprint density at radius 2 is 1.79 bits per heavy atom. The number of benzene rings is 2. The Morgan fingerprint density at radius 1 is 1.07 bits per heavy atom. The van der Waals surface area contributed by atoms with Gasteiger partial charge in [0.05, 0.1) is 12.0 Å². The third-order valence-corrected chi connectivity index (χ3v) is 5.61. The normalized spacial score (nSPS) is 23.4. The van der Waals surface area contributed by atoms with Crippen molar-refractivity contribution in [1.29, 1.82) is 0 Å². The number of fused-ring (bicyclic) bond motifs is 2. The van der Waals surface area contributed by atoms with E-state index in [2.05, 4.69) is 21.5 Å². The van der Waals surface area contributed by atoms with E-state index in [1.165, 1.54) is 24.0 Å². The molecular weight excluding hydrogens is 355 g/mol. The van der Waals surface area contributed by atoms with Gasteiger partial charge in [0, 0.05) is 18.0 Å². The van der Waals surface area contributed by atoms with Gasteiger partial charge in [-0.25, -0.2) is 9.07 Å². The van der Waals surface area contributed by atoms with Gasteiger partial charge >= 0.3 is 0 Å². The van der Waals surface area contributed by atoms with E-state index in [0.29, 0.717) is 12.4 Å². The third-order valence-electron chi connectivity index (χ3n) is 5.61. The molecule has 28 heavy (non-hydrogen) atoms. The summed E-state index contributed by atoms with van der Waals surface area (Å²) in [4.78, 5) is 17.6. The van der Waals surface area contributed by atoms with Crippen molar-refractivity contribution in [1.82, 2.24) is 14.8 Å². The molecule has 2 aliphatic rings. The minimum absolute atomic E-state index is 0.0833. The Bertz CT molecular complexity index is 1070. The SMILES string of the molecule is Cc1ccc([C@H]2[C@@H]3C(=O)C[C@H](c4ccc(F)cc4)C=C3Nc3ncnn32)cc1. The fraction of sp³-hybridized carbons (Fsp3) is 0.227. The number of rotatable bonds is 2. The van der Waals surface area contributed by atoms with E-state index >= 15 is 0 Å². The van der Waals surface area contributed by atoms with Crippen molar-refractivity contribution >= 4 is 11.7 Å². The van der Waals surface area contributed by atoms with E-state index < -0.39 is 0 Å². The second kappa shape index (κ2) is 6.41. The molecule has 5 nitrogen and oxygen atoms in total. The number of carbonyl (C=O) groups excluding carboxylic acids is 1. The lowest BCUT2D eigenvalue weighted by atomic mass is 9.75. The highest BCUT2D eigenvalue weighted by atomic mass is 19.1. The molecule has 0 bridgehead atoms. The van der Waals surface area contributed by atoms with Crippen molar-refractivity contribution in [2.24, 2.45) is 5.92 Å². The lowest BCUT2D eigenvalue weighted by molar-refractivity contribution is -0.123. The van der Waals surface area contributed by atoms with E-state index in [4.69, 9.17) is 0 Å². The average molecular weight is 374 g/mol. The Balaban J connectivity index is 1.60. The molecule has 0 saturated heterocycles. The molecule has 1 aliphatic heterocycles. The molecule has 140 valence electrons. The van der Waals surface area contributed by atoms with Crippen molar-refractivity contribution in [3.8, 4) is 0 Å². The molecule has 0 unspecified atom stereocenters. The number of hydrogen-bond acceptors (Lipinski definition) is 4. The molecule has 1 aromatic heterocycles. The number of allylic oxidation sites excluding steroid dienone is 2. The number of ketones is 1. The van der Waals surface area contributed by atoms with Crippen LogP contribution in [0.4, 0.5) is 10.3 Å². The number of nitrogens with zero attached hydrogens (tertiary/aromatic N) is 3. The molecule has 0 spiro atoms. The molecule has 0 fully saturated rings. The first-order valence-corrected chi connectivity index (χ1v) is 9.33. The van der Waals surface area contributed by atoms with Crippen molar-refractivity contribution in [3.05, 3.63) is 89.1 Å². The van der Waals surface area contributed by atoms with Crippen LogP contribution >= 0.6 is 0 Å². The zero-order chi connectivity index (χ0) is 19.3. The van der Waals surface area contributed by atoms with E-state index in [-0.39, 0.29) is 29.5 Å². The second-order valence-electron chi connectivity index (χ2n) is 7.44. The van der Waals surface area contributed by atoms with Crippen LogP contribution in [0.3, 0.4) is 0 Å². The Hall–Kier alpha value is -3.28. The second-order valence-corrected chi connectivity index (χ2v) is 7.44. The first-order valence-electron chi connectivity index (χ1n) is 9.33. The van der Waals surface area contributed by atoms with Gasteiger partial charge < -0.3 is 5.32 Å². The molecule has 6 heteroatoms. The number of hydrogen-bond donors (Lipinski definition) is 1. The molecular formula is C22H19FN4O. The summed E-state index contributed by atoms with van der Waals surface area (Å²) in [6.45, 7) is 2.04. The van der Waals surface area contributed by atoms with Gasteiger partial charge in [0.25, 0.3) is 0 Å². The van der Waals surface area contributed by atoms with Gasteiger partial charge in [-0.15, -0.1) is 0 Å². The molecule has 3 atom stereocenters. The maximum Gasteiger partial charge on any atom is 0.226 e. The smallest absolute Gasteiger partial charge is 0.226 e. The molecule has 0 radical (unpaired) electrons. The average Bonchev–Trinajstić information content (AvgIpc) is 3.16. The van der Waals surface area contributed by atoms with Crippen LogP contribution in [-0.2, 0) is 4.79 Å². The van der Waals surface area contributed by atoms with E-state index in [0.717, 1.165) is 16.8 Å². The number of halogens is 1.